The van der Waals surface area contributed by atoms with Crippen molar-refractivity contribution in [2.45, 2.75) is 25.4 Å². The minimum absolute atomic E-state index is 0.120. The number of hydrogen-bond donors (Lipinski definition) is 2. The minimum atomic E-state index is -0.551. The van der Waals surface area contributed by atoms with E-state index in [0.717, 1.165) is 0 Å². The molecule has 0 aliphatic heterocycles. The molecule has 68 valence electrons. The molecule has 0 heterocycles. The summed E-state index contributed by atoms with van der Waals surface area (Å²) in [5.41, 5.74) is 13.4. The molecule has 2 atom stereocenters. The molecule has 0 aromatic rings. The van der Waals surface area contributed by atoms with Gasteiger partial charge in [0.1, 0.15) is 0 Å². The molecule has 6 heteroatoms. The Hall–Kier alpha value is -0.710. The van der Waals surface area contributed by atoms with Crippen LogP contribution in [0.1, 0.15) is 13.3 Å². The van der Waals surface area contributed by atoms with E-state index in [4.69, 9.17) is 11.3 Å². The van der Waals surface area contributed by atoms with Gasteiger partial charge < -0.3 is 5.73 Å². The maximum atomic E-state index is 11.1. The molecular weight excluding hydrogens is 176 g/mol. The van der Waals surface area contributed by atoms with Gasteiger partial charge in [-0.25, -0.2) is 0 Å². The molecule has 0 aromatic carbocycles. The van der Waals surface area contributed by atoms with Crippen LogP contribution in [0.25, 0.3) is 10.4 Å². The highest BCUT2D eigenvalue weighted by Gasteiger charge is 2.13. The molecule has 0 fully saturated rings. The van der Waals surface area contributed by atoms with Gasteiger partial charge in [-0.1, -0.05) is 12.0 Å². The van der Waals surface area contributed by atoms with Crippen LogP contribution in [0.15, 0.2) is 5.11 Å². The maximum absolute atomic E-state index is 11.1. The Labute approximate surface area is 76.4 Å². The van der Waals surface area contributed by atoms with Crippen molar-refractivity contribution in [3.8, 4) is 0 Å². The van der Waals surface area contributed by atoms with Crippen LogP contribution in [0.4, 0.5) is 0 Å². The molecule has 0 aromatic heterocycles. The van der Waals surface area contributed by atoms with Gasteiger partial charge in [0, 0.05) is 23.1 Å². The van der Waals surface area contributed by atoms with E-state index in [2.05, 4.69) is 22.7 Å². The Kier molecular flexibility index (Phi) is 5.53. The van der Waals surface area contributed by atoms with Crippen LogP contribution in [0, 0.1) is 0 Å². The van der Waals surface area contributed by atoms with Crippen molar-refractivity contribution in [1.82, 2.24) is 0 Å². The van der Waals surface area contributed by atoms with Crippen molar-refractivity contribution < 1.29 is 4.79 Å². The van der Waals surface area contributed by atoms with Crippen molar-refractivity contribution in [2.24, 2.45) is 10.8 Å². The summed E-state index contributed by atoms with van der Waals surface area (Å²) in [6.45, 7) is 1.67. The molecule has 0 aliphatic rings. The molecule has 0 spiro atoms. The molecule has 0 rings (SSSR count). The van der Waals surface area contributed by atoms with Gasteiger partial charge in [0.05, 0.1) is 6.04 Å². The number of Topliss-reactive ketones (excluding diaryl/α,β-unsaturated/α-hetero) is 1. The molecule has 2 N–H and O–H groups in total. The third-order valence-electron chi connectivity index (χ3n) is 1.36. The largest absolute Gasteiger partial charge is 0.321 e. The van der Waals surface area contributed by atoms with Gasteiger partial charge in [-0.05, 0) is 5.53 Å². The lowest BCUT2D eigenvalue weighted by atomic mass is 10.1. The highest BCUT2D eigenvalue weighted by molar-refractivity contribution is 7.80. The van der Waals surface area contributed by atoms with Crippen LogP contribution >= 0.6 is 12.6 Å². The van der Waals surface area contributed by atoms with Crippen molar-refractivity contribution >= 4 is 18.4 Å². The fourth-order valence-corrected chi connectivity index (χ4v) is 0.877. The minimum Gasteiger partial charge on any atom is -0.321 e. The van der Waals surface area contributed by atoms with Gasteiger partial charge in [0.15, 0.2) is 5.78 Å². The molecule has 0 aliphatic carbocycles. The van der Waals surface area contributed by atoms with Crippen molar-refractivity contribution in [3.05, 3.63) is 10.4 Å². The Balaban J connectivity index is 3.91. The van der Waals surface area contributed by atoms with E-state index in [1.165, 1.54) is 0 Å². The highest BCUT2D eigenvalue weighted by atomic mass is 32.1. The van der Waals surface area contributed by atoms with Crippen LogP contribution in [0.3, 0.4) is 0 Å². The zero-order valence-corrected chi connectivity index (χ0v) is 7.74. The number of hydrogen-bond acceptors (Lipinski definition) is 4. The average Bonchev–Trinajstić information content (AvgIpc) is 2.03. The second-order valence-electron chi connectivity index (χ2n) is 2.51. The number of thiol groups is 1. The number of nitrogens with two attached hydrogens (primary N) is 1. The fraction of sp³-hybridized carbons (Fsp3) is 0.833. The summed E-state index contributed by atoms with van der Waals surface area (Å²) >= 11 is 3.88. The van der Waals surface area contributed by atoms with E-state index in [-0.39, 0.29) is 18.2 Å². The van der Waals surface area contributed by atoms with E-state index >= 15 is 0 Å². The lowest BCUT2D eigenvalue weighted by Crippen LogP contribution is -2.33. The second-order valence-corrected chi connectivity index (χ2v) is 2.88. The third kappa shape index (κ3) is 4.23. The summed E-state index contributed by atoms with van der Waals surface area (Å²) in [6.07, 6.45) is 0.186. The van der Waals surface area contributed by atoms with Crippen LogP contribution < -0.4 is 5.73 Å². The standard InChI is InChI=1S/C6H12N4OS/c1-4(9-10-8)2-6(11)5(7)3-12/h4-5,12H,2-3,7H2,1H3/t4?,5-/m0/s1. The lowest BCUT2D eigenvalue weighted by molar-refractivity contribution is -0.120. The zero-order chi connectivity index (χ0) is 9.56. The predicted octanol–water partition coefficient (Wildman–Crippen LogP) is 0.902. The molecule has 0 radical (unpaired) electrons. The summed E-state index contributed by atoms with van der Waals surface area (Å²) < 4.78 is 0. The first-order chi connectivity index (χ1) is 5.61. The summed E-state index contributed by atoms with van der Waals surface area (Å²) in [5.74, 6) is 0.201. The van der Waals surface area contributed by atoms with Gasteiger partial charge in [-0.3, -0.25) is 4.79 Å². The first-order valence-electron chi connectivity index (χ1n) is 3.55. The van der Waals surface area contributed by atoms with Crippen LogP contribution in [-0.2, 0) is 4.79 Å². The average molecular weight is 188 g/mol. The quantitative estimate of drug-likeness (QED) is 0.290. The number of azide groups is 1. The molecular formula is C6H12N4OS. The van der Waals surface area contributed by atoms with Gasteiger partial charge in [-0.15, -0.1) is 0 Å². The Morgan fingerprint density at radius 3 is 2.83 bits per heavy atom. The van der Waals surface area contributed by atoms with Crippen LogP contribution in [-0.4, -0.2) is 23.6 Å². The highest BCUT2D eigenvalue weighted by Crippen LogP contribution is 2.00. The van der Waals surface area contributed by atoms with Crippen molar-refractivity contribution in [2.75, 3.05) is 5.75 Å². The van der Waals surface area contributed by atoms with E-state index in [9.17, 15) is 4.79 Å². The SMILES string of the molecule is CC(CC(=O)[C@@H](N)CS)N=[N+]=[N-]. The van der Waals surface area contributed by atoms with Crippen LogP contribution in [0.5, 0.6) is 0 Å². The normalized spacial score (nSPS) is 14.6. The molecule has 0 saturated heterocycles. The summed E-state index contributed by atoms with van der Waals surface area (Å²) in [6, 6.07) is -0.877. The predicted molar refractivity (Wildman–Crippen MR) is 50.1 cm³/mol. The fourth-order valence-electron chi connectivity index (χ4n) is 0.673. The smallest absolute Gasteiger partial charge is 0.150 e. The number of ketones is 1. The third-order valence-corrected chi connectivity index (χ3v) is 1.75. The Morgan fingerprint density at radius 1 is 1.83 bits per heavy atom. The van der Waals surface area contributed by atoms with Crippen LogP contribution in [0.2, 0.25) is 0 Å². The molecule has 5 nitrogen and oxygen atoms in total. The topological polar surface area (TPSA) is 91.9 Å². The Morgan fingerprint density at radius 2 is 2.42 bits per heavy atom. The number of nitrogens with zero attached hydrogens (tertiary/aromatic N) is 3. The zero-order valence-electron chi connectivity index (χ0n) is 6.84. The van der Waals surface area contributed by atoms with E-state index in [1.54, 1.807) is 6.92 Å². The first-order valence-corrected chi connectivity index (χ1v) is 4.18. The van der Waals surface area contributed by atoms with E-state index in [1.807, 2.05) is 0 Å². The van der Waals surface area contributed by atoms with Gasteiger partial charge in [0.25, 0.3) is 0 Å². The summed E-state index contributed by atoms with van der Waals surface area (Å²) in [4.78, 5) is 13.7. The van der Waals surface area contributed by atoms with Crippen molar-refractivity contribution in [3.63, 3.8) is 0 Å². The van der Waals surface area contributed by atoms with Gasteiger partial charge >= 0.3 is 0 Å². The number of carbonyl (C=O) groups excluding carboxylic acids is 1. The Bertz CT molecular complexity index is 202. The van der Waals surface area contributed by atoms with Crippen molar-refractivity contribution in [1.29, 1.82) is 0 Å². The van der Waals surface area contributed by atoms with Gasteiger partial charge in [-0.2, -0.15) is 12.6 Å². The second kappa shape index (κ2) is 5.88. The summed E-state index contributed by atoms with van der Waals surface area (Å²) in [7, 11) is 0. The molecule has 1 unspecified atom stereocenters. The molecule has 0 saturated carbocycles. The first kappa shape index (κ1) is 11.3. The van der Waals surface area contributed by atoms with E-state index < -0.39 is 6.04 Å². The molecule has 0 amide bonds. The number of carbonyl (C=O) groups is 1. The maximum Gasteiger partial charge on any atom is 0.150 e. The molecule has 12 heavy (non-hydrogen) atoms. The monoisotopic (exact) mass is 188 g/mol. The number of rotatable bonds is 5. The summed E-state index contributed by atoms with van der Waals surface area (Å²) in [5, 5.41) is 3.36. The van der Waals surface area contributed by atoms with Gasteiger partial charge in [0.2, 0.25) is 0 Å². The lowest BCUT2D eigenvalue weighted by Gasteiger charge is -2.08. The molecule has 0 bridgehead atoms. The van der Waals surface area contributed by atoms with E-state index in [0.29, 0.717) is 5.75 Å².